The molecule has 2 atom stereocenters. The smallest absolute Gasteiger partial charge is 0.229 e. The number of hydrogen-bond donors (Lipinski definition) is 0. The lowest BCUT2D eigenvalue weighted by atomic mass is 9.94. The van der Waals surface area contributed by atoms with Gasteiger partial charge < -0.3 is 19.1 Å². The van der Waals surface area contributed by atoms with Crippen molar-refractivity contribution < 1.29 is 19.0 Å². The number of benzene rings is 2. The zero-order valence-electron chi connectivity index (χ0n) is 15.2. The minimum absolute atomic E-state index is 0.102. The van der Waals surface area contributed by atoms with Crippen molar-refractivity contribution in [2.75, 3.05) is 26.4 Å². The number of ether oxygens (including phenoxy) is 3. The first kappa shape index (κ1) is 16.5. The molecule has 1 fully saturated rings. The van der Waals surface area contributed by atoms with E-state index in [4.69, 9.17) is 14.2 Å². The molecule has 1 saturated heterocycles. The number of fused-ring (bicyclic) bond motifs is 2. The van der Waals surface area contributed by atoms with Gasteiger partial charge in [-0.25, -0.2) is 0 Å². The van der Waals surface area contributed by atoms with Crippen LogP contribution in [-0.4, -0.2) is 37.2 Å². The number of nitrogens with zero attached hydrogens (tertiary/aromatic N) is 1. The van der Waals surface area contributed by atoms with E-state index in [1.54, 1.807) is 0 Å². The summed E-state index contributed by atoms with van der Waals surface area (Å²) in [6.45, 7) is 2.42. The second-order valence-corrected chi connectivity index (χ2v) is 7.41. The second-order valence-electron chi connectivity index (χ2n) is 7.41. The van der Waals surface area contributed by atoms with Gasteiger partial charge in [-0.1, -0.05) is 24.3 Å². The average molecular weight is 365 g/mol. The van der Waals surface area contributed by atoms with Crippen LogP contribution < -0.4 is 14.2 Å². The fourth-order valence-corrected chi connectivity index (χ4v) is 4.37. The molecule has 5 nitrogen and oxygen atoms in total. The van der Waals surface area contributed by atoms with E-state index in [2.05, 4.69) is 12.1 Å². The first-order chi connectivity index (χ1) is 13.3. The molecule has 0 radical (unpaired) electrons. The van der Waals surface area contributed by atoms with Crippen molar-refractivity contribution >= 4 is 5.91 Å². The van der Waals surface area contributed by atoms with E-state index in [1.807, 2.05) is 35.2 Å². The molecule has 2 aromatic carbocycles. The molecule has 0 aliphatic carbocycles. The third-order valence-electron chi connectivity index (χ3n) is 5.72. The summed E-state index contributed by atoms with van der Waals surface area (Å²) in [5.41, 5.74) is 2.25. The maximum absolute atomic E-state index is 13.3. The Bertz CT molecular complexity index is 865. The molecule has 3 aliphatic heterocycles. The van der Waals surface area contributed by atoms with E-state index in [0.29, 0.717) is 19.8 Å². The van der Waals surface area contributed by atoms with Crippen molar-refractivity contribution in [2.24, 2.45) is 5.92 Å². The van der Waals surface area contributed by atoms with Crippen LogP contribution in [0.15, 0.2) is 42.5 Å². The number of carbonyl (C=O) groups is 1. The third-order valence-corrected chi connectivity index (χ3v) is 5.72. The van der Waals surface area contributed by atoms with Crippen LogP contribution in [0.5, 0.6) is 17.2 Å². The summed E-state index contributed by atoms with van der Waals surface area (Å²) in [5.74, 6) is 2.57. The number of amides is 1. The van der Waals surface area contributed by atoms with Crippen LogP contribution in [0, 0.1) is 5.92 Å². The van der Waals surface area contributed by atoms with Crippen LogP contribution >= 0.6 is 0 Å². The Morgan fingerprint density at radius 2 is 1.81 bits per heavy atom. The van der Waals surface area contributed by atoms with Gasteiger partial charge in [0.05, 0.1) is 12.0 Å². The predicted molar refractivity (Wildman–Crippen MR) is 100 cm³/mol. The van der Waals surface area contributed by atoms with Gasteiger partial charge in [0.2, 0.25) is 5.91 Å². The maximum atomic E-state index is 13.3. The van der Waals surface area contributed by atoms with Crippen LogP contribution in [0.1, 0.15) is 30.0 Å². The molecule has 5 rings (SSSR count). The monoisotopic (exact) mass is 365 g/mol. The van der Waals surface area contributed by atoms with Gasteiger partial charge in [0, 0.05) is 6.54 Å². The van der Waals surface area contributed by atoms with Crippen molar-refractivity contribution in [3.05, 3.63) is 53.6 Å². The molecule has 1 amide bonds. The second kappa shape index (κ2) is 6.80. The number of para-hydroxylation sites is 1. The highest BCUT2D eigenvalue weighted by Crippen LogP contribution is 2.39. The molecular formula is C22H23NO4. The molecule has 0 N–H and O–H groups in total. The Balaban J connectivity index is 1.36. The zero-order chi connectivity index (χ0) is 18.2. The third kappa shape index (κ3) is 3.01. The van der Waals surface area contributed by atoms with Gasteiger partial charge in [0.1, 0.15) is 25.6 Å². The van der Waals surface area contributed by atoms with E-state index >= 15 is 0 Å². The lowest BCUT2D eigenvalue weighted by Gasteiger charge is -2.32. The summed E-state index contributed by atoms with van der Waals surface area (Å²) < 4.78 is 17.2. The molecule has 140 valence electrons. The molecule has 2 unspecified atom stereocenters. The van der Waals surface area contributed by atoms with Crippen LogP contribution in [0.4, 0.5) is 0 Å². The number of rotatable bonds is 2. The Hall–Kier alpha value is -2.69. The van der Waals surface area contributed by atoms with Gasteiger partial charge in [-0.05, 0) is 48.6 Å². The summed E-state index contributed by atoms with van der Waals surface area (Å²) in [5, 5.41) is 0. The van der Waals surface area contributed by atoms with Crippen LogP contribution in [-0.2, 0) is 11.2 Å². The highest BCUT2D eigenvalue weighted by atomic mass is 16.6. The molecular weight excluding hydrogens is 342 g/mol. The lowest BCUT2D eigenvalue weighted by molar-refractivity contribution is -0.137. The SMILES string of the molecule is O=C(C1COc2ccccc2C1)N1CCCC1c1ccc2c(c1)OCCO2. The summed E-state index contributed by atoms with van der Waals surface area (Å²) >= 11 is 0. The number of carbonyl (C=O) groups excluding carboxylic acids is 1. The normalized spacial score (nSPS) is 23.5. The van der Waals surface area contributed by atoms with Gasteiger partial charge in [0.25, 0.3) is 0 Å². The Labute approximate surface area is 158 Å². The van der Waals surface area contributed by atoms with E-state index in [-0.39, 0.29) is 17.9 Å². The first-order valence-corrected chi connectivity index (χ1v) is 9.70. The summed E-state index contributed by atoms with van der Waals surface area (Å²) in [7, 11) is 0. The lowest BCUT2D eigenvalue weighted by Crippen LogP contribution is -2.40. The van der Waals surface area contributed by atoms with Crippen LogP contribution in [0.3, 0.4) is 0 Å². The largest absolute Gasteiger partial charge is 0.492 e. The summed E-state index contributed by atoms with van der Waals surface area (Å²) in [4.78, 5) is 15.3. The molecule has 0 bridgehead atoms. The molecule has 0 spiro atoms. The Morgan fingerprint density at radius 1 is 0.963 bits per heavy atom. The minimum Gasteiger partial charge on any atom is -0.492 e. The van der Waals surface area contributed by atoms with E-state index in [1.165, 1.54) is 0 Å². The van der Waals surface area contributed by atoms with Crippen LogP contribution in [0.25, 0.3) is 0 Å². The van der Waals surface area contributed by atoms with Crippen molar-refractivity contribution in [2.45, 2.75) is 25.3 Å². The minimum atomic E-state index is -0.113. The van der Waals surface area contributed by atoms with E-state index in [0.717, 1.165) is 54.2 Å². The highest BCUT2D eigenvalue weighted by Gasteiger charge is 2.36. The molecule has 27 heavy (non-hydrogen) atoms. The quantitative estimate of drug-likeness (QED) is 0.819. The van der Waals surface area contributed by atoms with Crippen molar-refractivity contribution in [1.82, 2.24) is 4.90 Å². The summed E-state index contributed by atoms with van der Waals surface area (Å²) in [6, 6.07) is 14.2. The topological polar surface area (TPSA) is 48.0 Å². The number of likely N-dealkylation sites (tertiary alicyclic amines) is 1. The van der Waals surface area contributed by atoms with Crippen molar-refractivity contribution in [1.29, 1.82) is 0 Å². The summed E-state index contributed by atoms with van der Waals surface area (Å²) in [6.07, 6.45) is 2.75. The average Bonchev–Trinajstić information content (AvgIpc) is 3.22. The molecule has 5 heteroatoms. The van der Waals surface area contributed by atoms with Crippen molar-refractivity contribution in [3.8, 4) is 17.2 Å². The van der Waals surface area contributed by atoms with Gasteiger partial charge in [-0.3, -0.25) is 4.79 Å². The number of hydrogen-bond acceptors (Lipinski definition) is 4. The fraction of sp³-hybridized carbons (Fsp3) is 0.409. The van der Waals surface area contributed by atoms with Gasteiger partial charge >= 0.3 is 0 Å². The Kier molecular flexibility index (Phi) is 4.15. The van der Waals surface area contributed by atoms with Gasteiger partial charge in [-0.2, -0.15) is 0 Å². The van der Waals surface area contributed by atoms with E-state index in [9.17, 15) is 4.79 Å². The van der Waals surface area contributed by atoms with Gasteiger partial charge in [-0.15, -0.1) is 0 Å². The van der Waals surface area contributed by atoms with Gasteiger partial charge in [0.15, 0.2) is 11.5 Å². The predicted octanol–water partition coefficient (Wildman–Crippen LogP) is 3.37. The van der Waals surface area contributed by atoms with Crippen LogP contribution in [0.2, 0.25) is 0 Å². The Morgan fingerprint density at radius 3 is 2.74 bits per heavy atom. The van der Waals surface area contributed by atoms with E-state index < -0.39 is 0 Å². The first-order valence-electron chi connectivity index (χ1n) is 9.70. The molecule has 3 aliphatic rings. The van der Waals surface area contributed by atoms with Crippen molar-refractivity contribution in [3.63, 3.8) is 0 Å². The zero-order valence-corrected chi connectivity index (χ0v) is 15.2. The molecule has 2 aromatic rings. The highest BCUT2D eigenvalue weighted by molar-refractivity contribution is 5.80. The molecule has 0 aromatic heterocycles. The molecule has 0 saturated carbocycles. The molecule has 3 heterocycles. The standard InChI is InChI=1S/C22H23NO4/c24-22(17-12-16-4-1-2-6-19(16)27-14-17)23-9-3-5-18(23)15-7-8-20-21(13-15)26-11-10-25-20/h1-2,4,6-8,13,17-18H,3,5,9-12,14H2. The fourth-order valence-electron chi connectivity index (χ4n) is 4.37. The maximum Gasteiger partial charge on any atom is 0.229 e.